The van der Waals surface area contributed by atoms with E-state index >= 15 is 0 Å². The molecule has 1 aliphatic rings. The lowest BCUT2D eigenvalue weighted by Crippen LogP contribution is -2.34. The van der Waals surface area contributed by atoms with Gasteiger partial charge in [0, 0.05) is 17.5 Å². The molecule has 2 nitrogen and oxygen atoms in total. The number of halogens is 1. The number of nitrogens with zero attached hydrogens (tertiary/aromatic N) is 1. The van der Waals surface area contributed by atoms with E-state index in [1.165, 1.54) is 27.9 Å². The number of hydrogen-bond acceptors (Lipinski definition) is 3. The largest absolute Gasteiger partial charge is 0.308 e. The van der Waals surface area contributed by atoms with Crippen molar-refractivity contribution in [3.05, 3.63) is 20.8 Å². The Kier molecular flexibility index (Phi) is 5.02. The monoisotopic (exact) mass is 312 g/mol. The fraction of sp³-hybridized carbons (Fsp3) is 0.615. The molecule has 1 fully saturated rings. The van der Waals surface area contributed by atoms with E-state index in [0.29, 0.717) is 6.04 Å². The molecular formula is C13H17BrN2S. The van der Waals surface area contributed by atoms with Gasteiger partial charge in [-0.3, -0.25) is 0 Å². The minimum atomic E-state index is 0.195. The molecule has 2 unspecified atom stereocenters. The van der Waals surface area contributed by atoms with Gasteiger partial charge in [-0.25, -0.2) is 0 Å². The third-order valence-corrected chi connectivity index (χ3v) is 4.97. The molecule has 92 valence electrons. The summed E-state index contributed by atoms with van der Waals surface area (Å²) >= 11 is 5.24. The van der Waals surface area contributed by atoms with Crippen LogP contribution in [0.15, 0.2) is 15.9 Å². The van der Waals surface area contributed by atoms with Crippen LogP contribution in [0.5, 0.6) is 0 Å². The van der Waals surface area contributed by atoms with Crippen molar-refractivity contribution >= 4 is 27.3 Å². The van der Waals surface area contributed by atoms with Gasteiger partial charge in [-0.2, -0.15) is 5.26 Å². The van der Waals surface area contributed by atoms with Gasteiger partial charge in [-0.05, 0) is 40.9 Å². The Bertz CT molecular complexity index is 396. The van der Waals surface area contributed by atoms with Crippen molar-refractivity contribution < 1.29 is 0 Å². The van der Waals surface area contributed by atoms with E-state index in [2.05, 4.69) is 39.4 Å². The third kappa shape index (κ3) is 3.80. The summed E-state index contributed by atoms with van der Waals surface area (Å²) in [5.74, 6) is 0.195. The minimum absolute atomic E-state index is 0.195. The van der Waals surface area contributed by atoms with Crippen LogP contribution >= 0.6 is 27.3 Å². The van der Waals surface area contributed by atoms with Gasteiger partial charge < -0.3 is 5.32 Å². The van der Waals surface area contributed by atoms with Crippen LogP contribution in [-0.2, 0) is 6.54 Å². The summed E-state index contributed by atoms with van der Waals surface area (Å²) in [6, 6.07) is 7.06. The van der Waals surface area contributed by atoms with Crippen LogP contribution in [0.4, 0.5) is 0 Å². The molecule has 0 spiro atoms. The molecule has 0 aromatic carbocycles. The van der Waals surface area contributed by atoms with Crippen LogP contribution in [0.3, 0.4) is 0 Å². The molecule has 0 aliphatic heterocycles. The summed E-state index contributed by atoms with van der Waals surface area (Å²) in [6.45, 7) is 0.888. The van der Waals surface area contributed by atoms with Crippen LogP contribution < -0.4 is 5.32 Å². The number of rotatable bonds is 3. The quantitative estimate of drug-likeness (QED) is 0.854. The van der Waals surface area contributed by atoms with Crippen molar-refractivity contribution in [3.63, 3.8) is 0 Å². The zero-order chi connectivity index (χ0) is 12.1. The minimum Gasteiger partial charge on any atom is -0.308 e. The van der Waals surface area contributed by atoms with E-state index in [1.807, 2.05) is 0 Å². The fourth-order valence-electron chi connectivity index (χ4n) is 2.38. The molecule has 1 N–H and O–H groups in total. The number of nitriles is 1. The Labute approximate surface area is 115 Å². The maximum Gasteiger partial charge on any atom is 0.0701 e. The first-order valence-electron chi connectivity index (χ1n) is 6.17. The van der Waals surface area contributed by atoms with Gasteiger partial charge in [0.1, 0.15) is 0 Å². The van der Waals surface area contributed by atoms with Crippen molar-refractivity contribution in [2.24, 2.45) is 5.92 Å². The molecular weight excluding hydrogens is 296 g/mol. The second-order valence-corrected chi connectivity index (χ2v) is 7.11. The van der Waals surface area contributed by atoms with E-state index in [4.69, 9.17) is 0 Å². The van der Waals surface area contributed by atoms with Gasteiger partial charge in [-0.15, -0.1) is 11.3 Å². The molecule has 0 bridgehead atoms. The van der Waals surface area contributed by atoms with Crippen LogP contribution in [0.2, 0.25) is 0 Å². The van der Waals surface area contributed by atoms with Crippen molar-refractivity contribution in [2.45, 2.75) is 44.7 Å². The highest BCUT2D eigenvalue weighted by molar-refractivity contribution is 9.11. The Morgan fingerprint density at radius 3 is 2.88 bits per heavy atom. The first-order valence-corrected chi connectivity index (χ1v) is 7.78. The summed E-state index contributed by atoms with van der Waals surface area (Å²) in [6.07, 6.45) is 5.94. The lowest BCUT2D eigenvalue weighted by Gasteiger charge is -2.20. The molecule has 1 aromatic rings. The third-order valence-electron chi connectivity index (χ3n) is 3.35. The van der Waals surface area contributed by atoms with Gasteiger partial charge in [-0.1, -0.05) is 19.3 Å². The second kappa shape index (κ2) is 6.53. The lowest BCUT2D eigenvalue weighted by molar-refractivity contribution is 0.395. The van der Waals surface area contributed by atoms with Gasteiger partial charge in [0.15, 0.2) is 0 Å². The predicted octanol–water partition coefficient (Wildman–Crippen LogP) is 4.07. The molecule has 0 amide bonds. The van der Waals surface area contributed by atoms with Crippen LogP contribution in [-0.4, -0.2) is 6.04 Å². The van der Waals surface area contributed by atoms with Gasteiger partial charge in [0.25, 0.3) is 0 Å². The van der Waals surface area contributed by atoms with Crippen molar-refractivity contribution in [1.82, 2.24) is 5.32 Å². The zero-order valence-electron chi connectivity index (χ0n) is 9.79. The standard InChI is InChI=1S/C13H17BrN2S/c14-13-7-6-11(17-13)9-16-12-5-3-1-2-4-10(12)8-15/h6-7,10,12,16H,1-5,9H2. The molecule has 1 heterocycles. The van der Waals surface area contributed by atoms with Gasteiger partial charge in [0.2, 0.25) is 0 Å². The van der Waals surface area contributed by atoms with Crippen molar-refractivity contribution in [2.75, 3.05) is 0 Å². The molecule has 1 aromatic heterocycles. The van der Waals surface area contributed by atoms with Gasteiger partial charge in [0.05, 0.1) is 15.8 Å². The SMILES string of the molecule is N#CC1CCCCCC1NCc1ccc(Br)s1. The Balaban J connectivity index is 1.90. The van der Waals surface area contributed by atoms with Crippen LogP contribution in [0.25, 0.3) is 0 Å². The fourth-order valence-corrected chi connectivity index (χ4v) is 3.82. The molecule has 0 saturated heterocycles. The van der Waals surface area contributed by atoms with Crippen molar-refractivity contribution in [3.8, 4) is 6.07 Å². The molecule has 2 atom stereocenters. The molecule has 17 heavy (non-hydrogen) atoms. The molecule has 4 heteroatoms. The Morgan fingerprint density at radius 2 is 2.18 bits per heavy atom. The summed E-state index contributed by atoms with van der Waals surface area (Å²) in [5.41, 5.74) is 0. The van der Waals surface area contributed by atoms with Gasteiger partial charge >= 0.3 is 0 Å². The summed E-state index contributed by atoms with van der Waals surface area (Å²) in [7, 11) is 0. The zero-order valence-corrected chi connectivity index (χ0v) is 12.2. The summed E-state index contributed by atoms with van der Waals surface area (Å²) in [5, 5.41) is 12.8. The van der Waals surface area contributed by atoms with Crippen molar-refractivity contribution in [1.29, 1.82) is 5.26 Å². The van der Waals surface area contributed by atoms with Crippen LogP contribution in [0, 0.1) is 17.2 Å². The number of hydrogen-bond donors (Lipinski definition) is 1. The average molecular weight is 313 g/mol. The molecule has 1 saturated carbocycles. The summed E-state index contributed by atoms with van der Waals surface area (Å²) in [4.78, 5) is 1.33. The second-order valence-electron chi connectivity index (χ2n) is 4.57. The highest BCUT2D eigenvalue weighted by atomic mass is 79.9. The van der Waals surface area contributed by atoms with E-state index in [-0.39, 0.29) is 5.92 Å². The van der Waals surface area contributed by atoms with E-state index in [9.17, 15) is 5.26 Å². The average Bonchev–Trinajstić information content (AvgIpc) is 2.63. The molecule has 0 radical (unpaired) electrons. The van der Waals surface area contributed by atoms with E-state index < -0.39 is 0 Å². The highest BCUT2D eigenvalue weighted by Gasteiger charge is 2.22. The lowest BCUT2D eigenvalue weighted by atomic mass is 9.96. The maximum atomic E-state index is 9.19. The molecule has 1 aliphatic carbocycles. The number of nitrogens with one attached hydrogen (secondary N) is 1. The highest BCUT2D eigenvalue weighted by Crippen LogP contribution is 2.25. The Hall–Kier alpha value is -0.370. The predicted molar refractivity (Wildman–Crippen MR) is 74.8 cm³/mol. The number of thiophene rings is 1. The first kappa shape index (κ1) is 13.1. The first-order chi connectivity index (χ1) is 8.29. The van der Waals surface area contributed by atoms with E-state index in [1.54, 1.807) is 11.3 Å². The van der Waals surface area contributed by atoms with Crippen LogP contribution in [0.1, 0.15) is 37.0 Å². The Morgan fingerprint density at radius 1 is 1.35 bits per heavy atom. The van der Waals surface area contributed by atoms with E-state index in [0.717, 1.165) is 19.4 Å². The normalized spacial score (nSPS) is 25.2. The summed E-state index contributed by atoms with van der Waals surface area (Å²) < 4.78 is 1.17. The smallest absolute Gasteiger partial charge is 0.0701 e. The topological polar surface area (TPSA) is 35.8 Å². The molecule has 2 rings (SSSR count). The maximum absolute atomic E-state index is 9.19.